The lowest BCUT2D eigenvalue weighted by atomic mass is 10.0. The lowest BCUT2D eigenvalue weighted by molar-refractivity contribution is -0.133. The van der Waals surface area contributed by atoms with Crippen molar-refractivity contribution < 1.29 is 14.4 Å². The molecule has 0 saturated carbocycles. The van der Waals surface area contributed by atoms with Crippen molar-refractivity contribution in [2.75, 3.05) is 18.9 Å². The van der Waals surface area contributed by atoms with Crippen molar-refractivity contribution in [2.45, 2.75) is 25.3 Å². The summed E-state index contributed by atoms with van der Waals surface area (Å²) < 4.78 is 0. The molecule has 1 atom stereocenters. The minimum absolute atomic E-state index is 0.0154. The minimum atomic E-state index is -0.288. The van der Waals surface area contributed by atoms with Crippen LogP contribution < -0.4 is 10.6 Å². The van der Waals surface area contributed by atoms with E-state index in [0.717, 1.165) is 5.56 Å². The second kappa shape index (κ2) is 7.58. The molecule has 0 bridgehead atoms. The summed E-state index contributed by atoms with van der Waals surface area (Å²) in [5.41, 5.74) is 1.45. The van der Waals surface area contributed by atoms with Gasteiger partial charge in [0.25, 0.3) is 0 Å². The van der Waals surface area contributed by atoms with Crippen molar-refractivity contribution in [3.8, 4) is 0 Å². The Labute approximate surface area is 135 Å². The van der Waals surface area contributed by atoms with Gasteiger partial charge in [-0.15, -0.1) is 0 Å². The molecule has 6 heteroatoms. The standard InChI is InChI=1S/C17H21N3O3/c1-3-15(21)19-13-6-4-5-12(9-13)10-17(23)20(2)14-7-8-16(22)18-11-14/h3-6,9,14H,1,7-8,10-11H2,2H3,(H,18,22)(H,19,21). The predicted molar refractivity (Wildman–Crippen MR) is 87.8 cm³/mol. The third-order valence-electron chi connectivity index (χ3n) is 3.92. The highest BCUT2D eigenvalue weighted by Crippen LogP contribution is 2.14. The van der Waals surface area contributed by atoms with Gasteiger partial charge in [0.1, 0.15) is 0 Å². The summed E-state index contributed by atoms with van der Waals surface area (Å²) in [6, 6.07) is 7.20. The van der Waals surface area contributed by atoms with Crippen LogP contribution in [-0.4, -0.2) is 42.3 Å². The summed E-state index contributed by atoms with van der Waals surface area (Å²) >= 11 is 0. The molecule has 2 rings (SSSR count). The van der Waals surface area contributed by atoms with Crippen LogP contribution in [-0.2, 0) is 20.8 Å². The van der Waals surface area contributed by atoms with Crippen molar-refractivity contribution in [1.82, 2.24) is 10.2 Å². The molecular weight excluding hydrogens is 294 g/mol. The lowest BCUT2D eigenvalue weighted by Gasteiger charge is -2.31. The molecule has 0 aliphatic carbocycles. The highest BCUT2D eigenvalue weighted by atomic mass is 16.2. The number of hydrogen-bond acceptors (Lipinski definition) is 3. The largest absolute Gasteiger partial charge is 0.354 e. The summed E-state index contributed by atoms with van der Waals surface area (Å²) in [4.78, 5) is 36.6. The maximum atomic E-state index is 12.4. The first-order valence-electron chi connectivity index (χ1n) is 7.54. The van der Waals surface area contributed by atoms with E-state index >= 15 is 0 Å². The van der Waals surface area contributed by atoms with E-state index < -0.39 is 0 Å². The molecule has 122 valence electrons. The van der Waals surface area contributed by atoms with E-state index in [1.54, 1.807) is 30.1 Å². The first kappa shape index (κ1) is 16.7. The molecule has 1 aliphatic heterocycles. The van der Waals surface area contributed by atoms with Gasteiger partial charge in [0.2, 0.25) is 17.7 Å². The van der Waals surface area contributed by atoms with Crippen LogP contribution in [0.25, 0.3) is 0 Å². The number of carbonyl (C=O) groups is 3. The molecule has 3 amide bonds. The monoisotopic (exact) mass is 315 g/mol. The van der Waals surface area contributed by atoms with Crippen LogP contribution in [0.3, 0.4) is 0 Å². The molecule has 1 aliphatic rings. The van der Waals surface area contributed by atoms with Crippen LogP contribution in [0.15, 0.2) is 36.9 Å². The average molecular weight is 315 g/mol. The molecule has 1 saturated heterocycles. The number of nitrogens with zero attached hydrogens (tertiary/aromatic N) is 1. The van der Waals surface area contributed by atoms with Crippen LogP contribution in [0, 0.1) is 0 Å². The number of piperidine rings is 1. The van der Waals surface area contributed by atoms with Gasteiger partial charge in [-0.1, -0.05) is 18.7 Å². The van der Waals surface area contributed by atoms with Crippen molar-refractivity contribution in [2.24, 2.45) is 0 Å². The van der Waals surface area contributed by atoms with Gasteiger partial charge in [-0.2, -0.15) is 0 Å². The number of anilines is 1. The fraction of sp³-hybridized carbons (Fsp3) is 0.353. The second-order valence-electron chi connectivity index (χ2n) is 5.57. The maximum absolute atomic E-state index is 12.4. The predicted octanol–water partition coefficient (Wildman–Crippen LogP) is 1.09. The molecule has 1 unspecified atom stereocenters. The SMILES string of the molecule is C=CC(=O)Nc1cccc(CC(=O)N(C)C2CCC(=O)NC2)c1. The fourth-order valence-electron chi connectivity index (χ4n) is 2.51. The number of amides is 3. The molecule has 1 heterocycles. The zero-order valence-corrected chi connectivity index (χ0v) is 13.2. The average Bonchev–Trinajstić information content (AvgIpc) is 2.55. The Balaban J connectivity index is 1.96. The van der Waals surface area contributed by atoms with Gasteiger partial charge in [-0.3, -0.25) is 14.4 Å². The summed E-state index contributed by atoms with van der Waals surface area (Å²) in [6.45, 7) is 3.90. The summed E-state index contributed by atoms with van der Waals surface area (Å²) in [6.07, 6.45) is 2.58. The van der Waals surface area contributed by atoms with E-state index in [1.807, 2.05) is 6.07 Å². The highest BCUT2D eigenvalue weighted by molar-refractivity contribution is 5.98. The minimum Gasteiger partial charge on any atom is -0.354 e. The Morgan fingerprint density at radius 3 is 2.91 bits per heavy atom. The molecule has 2 N–H and O–H groups in total. The zero-order chi connectivity index (χ0) is 16.8. The number of hydrogen-bond donors (Lipinski definition) is 2. The van der Waals surface area contributed by atoms with E-state index in [2.05, 4.69) is 17.2 Å². The molecule has 23 heavy (non-hydrogen) atoms. The Morgan fingerprint density at radius 1 is 1.48 bits per heavy atom. The van der Waals surface area contributed by atoms with Crippen LogP contribution in [0.1, 0.15) is 18.4 Å². The first-order chi connectivity index (χ1) is 11.0. The molecular formula is C17H21N3O3. The molecule has 0 aromatic heterocycles. The van der Waals surface area contributed by atoms with Crippen LogP contribution in [0.4, 0.5) is 5.69 Å². The Hall–Kier alpha value is -2.63. The van der Waals surface area contributed by atoms with Crippen molar-refractivity contribution >= 4 is 23.4 Å². The van der Waals surface area contributed by atoms with Crippen molar-refractivity contribution in [3.63, 3.8) is 0 Å². The summed E-state index contributed by atoms with van der Waals surface area (Å²) in [5.74, 6) is -0.269. The zero-order valence-electron chi connectivity index (χ0n) is 13.2. The second-order valence-corrected chi connectivity index (χ2v) is 5.57. The highest BCUT2D eigenvalue weighted by Gasteiger charge is 2.24. The van der Waals surface area contributed by atoms with Gasteiger partial charge in [0.15, 0.2) is 0 Å². The van der Waals surface area contributed by atoms with Gasteiger partial charge in [-0.25, -0.2) is 0 Å². The van der Waals surface area contributed by atoms with Gasteiger partial charge in [0, 0.05) is 31.7 Å². The number of benzene rings is 1. The van der Waals surface area contributed by atoms with Crippen LogP contribution in [0.2, 0.25) is 0 Å². The van der Waals surface area contributed by atoms with Crippen LogP contribution in [0.5, 0.6) is 0 Å². The van der Waals surface area contributed by atoms with Crippen molar-refractivity contribution in [1.29, 1.82) is 0 Å². The number of rotatable bonds is 5. The Kier molecular flexibility index (Phi) is 5.51. The van der Waals surface area contributed by atoms with E-state index in [0.29, 0.717) is 25.1 Å². The maximum Gasteiger partial charge on any atom is 0.247 e. The topological polar surface area (TPSA) is 78.5 Å². The lowest BCUT2D eigenvalue weighted by Crippen LogP contribution is -2.49. The summed E-state index contributed by atoms with van der Waals surface area (Å²) in [5, 5.41) is 5.45. The quantitative estimate of drug-likeness (QED) is 0.798. The smallest absolute Gasteiger partial charge is 0.247 e. The number of likely N-dealkylation sites (N-methyl/N-ethyl adjacent to an activating group) is 1. The van der Waals surface area contributed by atoms with E-state index in [4.69, 9.17) is 0 Å². The van der Waals surface area contributed by atoms with Crippen LogP contribution >= 0.6 is 0 Å². The Bertz CT molecular complexity index is 617. The Morgan fingerprint density at radius 2 is 2.26 bits per heavy atom. The van der Waals surface area contributed by atoms with Gasteiger partial charge >= 0.3 is 0 Å². The van der Waals surface area contributed by atoms with Gasteiger partial charge < -0.3 is 15.5 Å². The fourth-order valence-corrected chi connectivity index (χ4v) is 2.51. The first-order valence-corrected chi connectivity index (χ1v) is 7.54. The van der Waals surface area contributed by atoms with E-state index in [9.17, 15) is 14.4 Å². The van der Waals surface area contributed by atoms with Gasteiger partial charge in [0.05, 0.1) is 6.42 Å². The van der Waals surface area contributed by atoms with E-state index in [1.165, 1.54) is 6.08 Å². The molecule has 1 fully saturated rings. The van der Waals surface area contributed by atoms with Crippen molar-refractivity contribution in [3.05, 3.63) is 42.5 Å². The molecule has 1 aromatic carbocycles. The number of carbonyl (C=O) groups excluding carboxylic acids is 3. The van der Waals surface area contributed by atoms with E-state index in [-0.39, 0.29) is 30.2 Å². The summed E-state index contributed by atoms with van der Waals surface area (Å²) in [7, 11) is 1.76. The van der Waals surface area contributed by atoms with Gasteiger partial charge in [-0.05, 0) is 30.2 Å². The number of nitrogens with one attached hydrogen (secondary N) is 2. The molecule has 0 spiro atoms. The molecule has 1 aromatic rings. The molecule has 6 nitrogen and oxygen atoms in total. The third kappa shape index (κ3) is 4.67. The third-order valence-corrected chi connectivity index (χ3v) is 3.92. The normalized spacial score (nSPS) is 17.1. The molecule has 0 radical (unpaired) electrons.